The molecule has 3 rings (SSSR count). The molecule has 0 atom stereocenters. The minimum absolute atomic E-state index is 0.165. The molecule has 0 aromatic rings. The Bertz CT molecular complexity index is 448. The molecule has 6 heteroatoms. The summed E-state index contributed by atoms with van der Waals surface area (Å²) in [5.41, 5.74) is 5.50. The molecular formula is C18H31N3O3. The number of rotatable bonds is 3. The van der Waals surface area contributed by atoms with E-state index in [2.05, 4.69) is 0 Å². The molecular weight excluding hydrogens is 306 g/mol. The second-order valence-corrected chi connectivity index (χ2v) is 7.55. The van der Waals surface area contributed by atoms with Gasteiger partial charge in [0.25, 0.3) is 0 Å². The molecule has 1 aliphatic carbocycles. The van der Waals surface area contributed by atoms with E-state index in [9.17, 15) is 9.59 Å². The summed E-state index contributed by atoms with van der Waals surface area (Å²) in [5.74, 6) is 0.686. The minimum atomic E-state index is -0.451. The van der Waals surface area contributed by atoms with Crippen LogP contribution in [0, 0.1) is 11.3 Å². The van der Waals surface area contributed by atoms with E-state index in [-0.39, 0.29) is 11.8 Å². The molecule has 2 N–H and O–H groups in total. The van der Waals surface area contributed by atoms with Gasteiger partial charge in [0.1, 0.15) is 0 Å². The van der Waals surface area contributed by atoms with Crippen LogP contribution in [0.5, 0.6) is 0 Å². The van der Waals surface area contributed by atoms with Crippen LogP contribution in [0.2, 0.25) is 0 Å². The van der Waals surface area contributed by atoms with E-state index in [1.165, 1.54) is 19.3 Å². The predicted octanol–water partition coefficient (Wildman–Crippen LogP) is 0.993. The number of hydrogen-bond acceptors (Lipinski definition) is 4. The fourth-order valence-corrected chi connectivity index (χ4v) is 4.34. The van der Waals surface area contributed by atoms with Crippen LogP contribution in [0.4, 0.5) is 0 Å². The van der Waals surface area contributed by atoms with Crippen LogP contribution < -0.4 is 5.73 Å². The van der Waals surface area contributed by atoms with Gasteiger partial charge < -0.3 is 20.3 Å². The Balaban J connectivity index is 1.54. The lowest BCUT2D eigenvalue weighted by atomic mass is 9.78. The first kappa shape index (κ1) is 17.7. The third-order valence-electron chi connectivity index (χ3n) is 6.13. The fourth-order valence-electron chi connectivity index (χ4n) is 4.34. The number of piperazine rings is 1. The van der Waals surface area contributed by atoms with Crippen LogP contribution in [-0.4, -0.2) is 67.6 Å². The maximum atomic E-state index is 13.0. The van der Waals surface area contributed by atoms with Crippen molar-refractivity contribution in [3.8, 4) is 0 Å². The molecule has 1 saturated carbocycles. The molecule has 0 radical (unpaired) electrons. The second kappa shape index (κ2) is 7.83. The van der Waals surface area contributed by atoms with E-state index in [0.717, 1.165) is 12.8 Å². The highest BCUT2D eigenvalue weighted by molar-refractivity contribution is 5.84. The summed E-state index contributed by atoms with van der Waals surface area (Å²) in [5, 5.41) is 0. The first-order valence-electron chi connectivity index (χ1n) is 9.52. The average Bonchev–Trinajstić information content (AvgIpc) is 2.68. The summed E-state index contributed by atoms with van der Waals surface area (Å²) in [7, 11) is 0. The smallest absolute Gasteiger partial charge is 0.230 e. The van der Waals surface area contributed by atoms with Gasteiger partial charge in [-0.25, -0.2) is 0 Å². The molecule has 0 bridgehead atoms. The third-order valence-corrected chi connectivity index (χ3v) is 6.13. The van der Waals surface area contributed by atoms with Crippen LogP contribution in [0.15, 0.2) is 0 Å². The summed E-state index contributed by atoms with van der Waals surface area (Å²) in [4.78, 5) is 29.5. The molecule has 3 aliphatic rings. The monoisotopic (exact) mass is 337 g/mol. The van der Waals surface area contributed by atoms with Crippen LogP contribution in [0.3, 0.4) is 0 Å². The van der Waals surface area contributed by atoms with Gasteiger partial charge in [-0.3, -0.25) is 9.59 Å². The van der Waals surface area contributed by atoms with Gasteiger partial charge >= 0.3 is 0 Å². The Morgan fingerprint density at radius 2 is 1.54 bits per heavy atom. The van der Waals surface area contributed by atoms with Crippen molar-refractivity contribution in [1.82, 2.24) is 9.80 Å². The molecule has 2 aliphatic heterocycles. The van der Waals surface area contributed by atoms with Crippen molar-refractivity contribution in [2.45, 2.75) is 44.9 Å². The maximum absolute atomic E-state index is 13.0. The Labute approximate surface area is 144 Å². The summed E-state index contributed by atoms with van der Waals surface area (Å²) < 4.78 is 5.40. The molecule has 24 heavy (non-hydrogen) atoms. The Hall–Kier alpha value is -1.14. The van der Waals surface area contributed by atoms with Gasteiger partial charge in [-0.15, -0.1) is 0 Å². The zero-order valence-corrected chi connectivity index (χ0v) is 14.7. The average molecular weight is 337 g/mol. The maximum Gasteiger partial charge on any atom is 0.230 e. The number of carbonyl (C=O) groups excluding carboxylic acids is 2. The molecule has 0 aromatic carbocycles. The SMILES string of the molecule is NCC1(C(=O)N2CCN(C(=O)C3CCCCC3)CC2)CCOCC1. The molecule has 0 aromatic heterocycles. The quantitative estimate of drug-likeness (QED) is 0.833. The first-order chi connectivity index (χ1) is 11.7. The van der Waals surface area contributed by atoms with E-state index in [1.807, 2.05) is 9.80 Å². The number of nitrogens with zero attached hydrogens (tertiary/aromatic N) is 2. The number of hydrogen-bond donors (Lipinski definition) is 1. The number of nitrogens with two attached hydrogens (primary N) is 1. The highest BCUT2D eigenvalue weighted by atomic mass is 16.5. The van der Waals surface area contributed by atoms with E-state index in [0.29, 0.717) is 64.7 Å². The summed E-state index contributed by atoms with van der Waals surface area (Å²) in [6.45, 7) is 4.22. The zero-order valence-electron chi connectivity index (χ0n) is 14.7. The van der Waals surface area contributed by atoms with Gasteiger partial charge in [0, 0.05) is 51.9 Å². The van der Waals surface area contributed by atoms with Crippen LogP contribution in [-0.2, 0) is 14.3 Å². The van der Waals surface area contributed by atoms with Crippen LogP contribution >= 0.6 is 0 Å². The lowest BCUT2D eigenvalue weighted by molar-refractivity contribution is -0.152. The van der Waals surface area contributed by atoms with Crippen LogP contribution in [0.25, 0.3) is 0 Å². The standard InChI is InChI=1S/C18H31N3O3/c19-14-18(6-12-24-13-7-18)17(23)21-10-8-20(9-11-21)16(22)15-4-2-1-3-5-15/h15H,1-14,19H2. The van der Waals surface area contributed by atoms with E-state index in [1.54, 1.807) is 0 Å². The first-order valence-corrected chi connectivity index (χ1v) is 9.52. The summed E-state index contributed by atoms with van der Waals surface area (Å²) in [6.07, 6.45) is 7.11. The van der Waals surface area contributed by atoms with Gasteiger partial charge in [-0.1, -0.05) is 19.3 Å². The molecule has 136 valence electrons. The molecule has 2 heterocycles. The van der Waals surface area contributed by atoms with E-state index >= 15 is 0 Å². The summed E-state index contributed by atoms with van der Waals surface area (Å²) in [6, 6.07) is 0. The molecule has 0 spiro atoms. The highest BCUT2D eigenvalue weighted by Crippen LogP contribution is 2.32. The molecule has 0 unspecified atom stereocenters. The lowest BCUT2D eigenvalue weighted by Gasteiger charge is -2.43. The van der Waals surface area contributed by atoms with Crippen molar-refractivity contribution in [2.75, 3.05) is 45.9 Å². The normalized spacial score (nSPS) is 25.5. The van der Waals surface area contributed by atoms with Gasteiger partial charge in [0.15, 0.2) is 0 Å². The largest absolute Gasteiger partial charge is 0.381 e. The molecule has 2 saturated heterocycles. The Kier molecular flexibility index (Phi) is 5.76. The van der Waals surface area contributed by atoms with Crippen LogP contribution in [0.1, 0.15) is 44.9 Å². The number of carbonyl (C=O) groups is 2. The summed E-state index contributed by atoms with van der Waals surface area (Å²) >= 11 is 0. The van der Waals surface area contributed by atoms with Crippen molar-refractivity contribution < 1.29 is 14.3 Å². The third kappa shape index (κ3) is 3.59. The van der Waals surface area contributed by atoms with Gasteiger partial charge in [0.05, 0.1) is 5.41 Å². The minimum Gasteiger partial charge on any atom is -0.381 e. The zero-order chi connectivity index (χ0) is 17.0. The van der Waals surface area contributed by atoms with E-state index in [4.69, 9.17) is 10.5 Å². The molecule has 2 amide bonds. The topological polar surface area (TPSA) is 75.9 Å². The van der Waals surface area contributed by atoms with Gasteiger partial charge in [-0.05, 0) is 25.7 Å². The van der Waals surface area contributed by atoms with Gasteiger partial charge in [-0.2, -0.15) is 0 Å². The Morgan fingerprint density at radius 3 is 2.12 bits per heavy atom. The molecule has 6 nitrogen and oxygen atoms in total. The highest BCUT2D eigenvalue weighted by Gasteiger charge is 2.42. The van der Waals surface area contributed by atoms with E-state index < -0.39 is 5.41 Å². The van der Waals surface area contributed by atoms with Crippen molar-refractivity contribution in [3.05, 3.63) is 0 Å². The van der Waals surface area contributed by atoms with Crippen molar-refractivity contribution in [1.29, 1.82) is 0 Å². The van der Waals surface area contributed by atoms with Gasteiger partial charge in [0.2, 0.25) is 11.8 Å². The second-order valence-electron chi connectivity index (χ2n) is 7.55. The predicted molar refractivity (Wildman–Crippen MR) is 91.3 cm³/mol. The van der Waals surface area contributed by atoms with Crippen molar-refractivity contribution >= 4 is 11.8 Å². The molecule has 3 fully saturated rings. The number of amides is 2. The number of ether oxygens (including phenoxy) is 1. The fraction of sp³-hybridized carbons (Fsp3) is 0.889. The Morgan fingerprint density at radius 1 is 0.958 bits per heavy atom. The van der Waals surface area contributed by atoms with Crippen molar-refractivity contribution in [2.24, 2.45) is 17.1 Å². The lowest BCUT2D eigenvalue weighted by Crippen LogP contribution is -2.57. The van der Waals surface area contributed by atoms with Crippen molar-refractivity contribution in [3.63, 3.8) is 0 Å².